The van der Waals surface area contributed by atoms with Crippen LogP contribution >= 0.6 is 11.8 Å². The highest BCUT2D eigenvalue weighted by Gasteiger charge is 2.36. The summed E-state index contributed by atoms with van der Waals surface area (Å²) in [7, 11) is 0. The molecule has 8 heteroatoms. The number of carbonyl (C=O) groups is 1. The number of para-hydroxylation sites is 1. The molecule has 0 aliphatic carbocycles. The fourth-order valence-corrected chi connectivity index (χ4v) is 4.91. The zero-order chi connectivity index (χ0) is 24.1. The van der Waals surface area contributed by atoms with Crippen LogP contribution in [0.1, 0.15) is 50.8 Å². The van der Waals surface area contributed by atoms with Gasteiger partial charge >= 0.3 is 0 Å². The van der Waals surface area contributed by atoms with E-state index in [0.29, 0.717) is 23.3 Å². The molecule has 1 aromatic heterocycles. The first-order chi connectivity index (χ1) is 16.5. The topological polar surface area (TPSA) is 81.1 Å². The molecule has 1 aliphatic heterocycles. The smallest absolute Gasteiger partial charge is 0.255 e. The molecule has 0 fully saturated rings. The summed E-state index contributed by atoms with van der Waals surface area (Å²) < 4.78 is 7.76. The number of rotatable bonds is 9. The van der Waals surface area contributed by atoms with Gasteiger partial charge in [0.15, 0.2) is 0 Å². The number of thioether (sulfide) groups is 1. The van der Waals surface area contributed by atoms with E-state index >= 15 is 0 Å². The third-order valence-electron chi connectivity index (χ3n) is 5.60. The van der Waals surface area contributed by atoms with Crippen molar-refractivity contribution in [2.24, 2.45) is 0 Å². The second-order valence-corrected chi connectivity index (χ2v) is 9.29. The fraction of sp³-hybridized carbons (Fsp3) is 0.346. The molecule has 2 aromatic carbocycles. The first kappa shape index (κ1) is 23.9. The minimum absolute atomic E-state index is 0.187. The normalized spacial score (nSPS) is 15.0. The van der Waals surface area contributed by atoms with E-state index in [0.717, 1.165) is 46.9 Å². The molecule has 4 rings (SSSR count). The van der Waals surface area contributed by atoms with Gasteiger partial charge in [-0.05, 0) is 51.0 Å². The zero-order valence-corrected chi connectivity index (χ0v) is 20.9. The Labute approximate surface area is 205 Å². The summed E-state index contributed by atoms with van der Waals surface area (Å²) in [4.78, 5) is 18.4. The molecule has 2 N–H and O–H groups in total. The number of nitrogens with zero attached hydrogens (tertiary/aromatic N) is 3. The maximum Gasteiger partial charge on any atom is 0.255 e. The lowest BCUT2D eigenvalue weighted by atomic mass is 9.94. The van der Waals surface area contributed by atoms with Crippen molar-refractivity contribution in [3.8, 4) is 5.75 Å². The van der Waals surface area contributed by atoms with Gasteiger partial charge < -0.3 is 15.4 Å². The molecule has 1 amide bonds. The second-order valence-electron chi connectivity index (χ2n) is 8.23. The number of anilines is 2. The minimum atomic E-state index is -0.475. The standard InChI is InChI=1S/C26H31N5O2S/c1-5-7-15-34-26-29-25-27-18(4)22(24(32)28-19-12-10-11-17(3)16-19)23(31(25)30-26)20-13-8-9-14-21(20)33-6-2/h8-14,16,23H,5-7,15H2,1-4H3,(H,28,32)(H,27,29,30). The molecule has 2 heterocycles. The molecule has 3 aromatic rings. The van der Waals surface area contributed by atoms with E-state index in [1.54, 1.807) is 11.8 Å². The van der Waals surface area contributed by atoms with Crippen molar-refractivity contribution in [1.29, 1.82) is 0 Å². The van der Waals surface area contributed by atoms with E-state index in [2.05, 4.69) is 17.6 Å². The van der Waals surface area contributed by atoms with Crippen LogP contribution in [0.2, 0.25) is 0 Å². The lowest BCUT2D eigenvalue weighted by Gasteiger charge is -2.29. The molecule has 178 valence electrons. The Morgan fingerprint density at radius 3 is 2.76 bits per heavy atom. The summed E-state index contributed by atoms with van der Waals surface area (Å²) in [5.41, 5.74) is 4.02. The lowest BCUT2D eigenvalue weighted by Crippen LogP contribution is -2.31. The Kier molecular flexibility index (Phi) is 7.57. The van der Waals surface area contributed by atoms with Crippen molar-refractivity contribution in [2.75, 3.05) is 23.0 Å². The first-order valence-corrected chi connectivity index (χ1v) is 12.7. The third kappa shape index (κ3) is 5.12. The number of fused-ring (bicyclic) bond motifs is 1. The lowest BCUT2D eigenvalue weighted by molar-refractivity contribution is -0.113. The molecule has 1 unspecified atom stereocenters. The molecule has 7 nitrogen and oxygen atoms in total. The first-order valence-electron chi connectivity index (χ1n) is 11.7. The van der Waals surface area contributed by atoms with E-state index in [1.165, 1.54) is 0 Å². The zero-order valence-electron chi connectivity index (χ0n) is 20.1. The van der Waals surface area contributed by atoms with Gasteiger partial charge in [-0.3, -0.25) is 4.79 Å². The van der Waals surface area contributed by atoms with Gasteiger partial charge in [-0.25, -0.2) is 4.68 Å². The van der Waals surface area contributed by atoms with Crippen LogP contribution in [0.5, 0.6) is 5.75 Å². The van der Waals surface area contributed by atoms with Crippen molar-refractivity contribution < 1.29 is 9.53 Å². The fourth-order valence-electron chi connectivity index (χ4n) is 4.00. The van der Waals surface area contributed by atoms with E-state index in [1.807, 2.05) is 74.0 Å². The van der Waals surface area contributed by atoms with Crippen molar-refractivity contribution >= 4 is 29.3 Å². The summed E-state index contributed by atoms with van der Waals surface area (Å²) in [6.45, 7) is 8.56. The van der Waals surface area contributed by atoms with Gasteiger partial charge in [0.25, 0.3) is 5.91 Å². The molecule has 0 spiro atoms. The molecule has 1 atom stereocenters. The highest BCUT2D eigenvalue weighted by atomic mass is 32.2. The second kappa shape index (κ2) is 10.8. The number of ether oxygens (including phenoxy) is 1. The number of benzene rings is 2. The van der Waals surface area contributed by atoms with Gasteiger partial charge in [0, 0.05) is 22.7 Å². The summed E-state index contributed by atoms with van der Waals surface area (Å²) in [5.74, 6) is 2.12. The number of nitrogens with one attached hydrogen (secondary N) is 2. The number of carbonyl (C=O) groups excluding carboxylic acids is 1. The SMILES string of the molecule is CCCCSc1nc2n(n1)C(c1ccccc1OCC)C(C(=O)Nc1cccc(C)c1)=C(C)N2. The van der Waals surface area contributed by atoms with Gasteiger partial charge in [0.05, 0.1) is 12.2 Å². The molecular weight excluding hydrogens is 446 g/mol. The monoisotopic (exact) mass is 477 g/mol. The van der Waals surface area contributed by atoms with E-state index in [4.69, 9.17) is 14.8 Å². The predicted molar refractivity (Wildman–Crippen MR) is 138 cm³/mol. The predicted octanol–water partition coefficient (Wildman–Crippen LogP) is 5.81. The summed E-state index contributed by atoms with van der Waals surface area (Å²) in [6.07, 6.45) is 2.22. The van der Waals surface area contributed by atoms with Crippen LogP contribution in [0, 0.1) is 6.92 Å². The van der Waals surface area contributed by atoms with E-state index < -0.39 is 6.04 Å². The summed E-state index contributed by atoms with van der Waals surface area (Å²) in [5, 5.41) is 11.9. The highest BCUT2D eigenvalue weighted by molar-refractivity contribution is 7.99. The maximum absolute atomic E-state index is 13.7. The Hall–Kier alpha value is -3.26. The van der Waals surface area contributed by atoms with Crippen LogP contribution in [-0.4, -0.2) is 33.0 Å². The van der Waals surface area contributed by atoms with Crippen LogP contribution in [0.15, 0.2) is 65.0 Å². The van der Waals surface area contributed by atoms with Crippen molar-refractivity contribution in [3.05, 3.63) is 70.9 Å². The number of allylic oxidation sites excluding steroid dienone is 1. The number of hydrogen-bond acceptors (Lipinski definition) is 6. The minimum Gasteiger partial charge on any atom is -0.494 e. The molecular formula is C26H31N5O2S. The highest BCUT2D eigenvalue weighted by Crippen LogP contribution is 2.40. The Morgan fingerprint density at radius 1 is 1.18 bits per heavy atom. The van der Waals surface area contributed by atoms with E-state index in [9.17, 15) is 4.79 Å². The summed E-state index contributed by atoms with van der Waals surface area (Å²) >= 11 is 1.63. The van der Waals surface area contributed by atoms with Crippen LogP contribution in [0.25, 0.3) is 0 Å². The average molecular weight is 478 g/mol. The molecule has 1 aliphatic rings. The van der Waals surface area contributed by atoms with Crippen LogP contribution in [0.4, 0.5) is 11.6 Å². The van der Waals surface area contributed by atoms with Gasteiger partial charge in [-0.1, -0.05) is 55.4 Å². The number of aromatic nitrogens is 3. The largest absolute Gasteiger partial charge is 0.494 e. The number of amides is 1. The van der Waals surface area contributed by atoms with Gasteiger partial charge in [0.2, 0.25) is 11.1 Å². The average Bonchev–Trinajstić information content (AvgIpc) is 3.21. The van der Waals surface area contributed by atoms with Crippen LogP contribution in [-0.2, 0) is 4.79 Å². The molecule has 0 bridgehead atoms. The molecule has 0 saturated heterocycles. The number of aryl methyl sites for hydroxylation is 1. The number of hydrogen-bond donors (Lipinski definition) is 2. The maximum atomic E-state index is 13.7. The van der Waals surface area contributed by atoms with Crippen molar-refractivity contribution in [3.63, 3.8) is 0 Å². The van der Waals surface area contributed by atoms with Crippen molar-refractivity contribution in [2.45, 2.75) is 51.7 Å². The number of unbranched alkanes of at least 4 members (excludes halogenated alkanes) is 1. The summed E-state index contributed by atoms with van der Waals surface area (Å²) in [6, 6.07) is 15.1. The third-order valence-corrected chi connectivity index (χ3v) is 6.52. The van der Waals surface area contributed by atoms with Gasteiger partial charge in [0.1, 0.15) is 11.8 Å². The van der Waals surface area contributed by atoms with E-state index in [-0.39, 0.29) is 5.91 Å². The Balaban J connectivity index is 1.77. The quantitative estimate of drug-likeness (QED) is 0.299. The Morgan fingerprint density at radius 2 is 2.00 bits per heavy atom. The van der Waals surface area contributed by atoms with Crippen LogP contribution < -0.4 is 15.4 Å². The van der Waals surface area contributed by atoms with Gasteiger partial charge in [-0.2, -0.15) is 4.98 Å². The molecule has 0 saturated carbocycles. The van der Waals surface area contributed by atoms with Crippen molar-refractivity contribution in [1.82, 2.24) is 14.8 Å². The van der Waals surface area contributed by atoms with Gasteiger partial charge in [-0.15, -0.1) is 5.10 Å². The Bertz CT molecular complexity index is 1200. The molecule has 0 radical (unpaired) electrons. The molecule has 34 heavy (non-hydrogen) atoms. The van der Waals surface area contributed by atoms with Crippen LogP contribution in [0.3, 0.4) is 0 Å².